The average molecular weight is 370 g/mol. The fraction of sp³-hybridized carbons (Fsp3) is 0.280. The van der Waals surface area contributed by atoms with Crippen molar-refractivity contribution in [2.24, 2.45) is 7.05 Å². The molecule has 0 bridgehead atoms. The van der Waals surface area contributed by atoms with Crippen molar-refractivity contribution < 1.29 is 0 Å². The number of hydrogen-bond donors (Lipinski definition) is 0. The number of fused-ring (bicyclic) bond motifs is 6. The van der Waals surface area contributed by atoms with Gasteiger partial charge in [-0.2, -0.15) is 0 Å². The van der Waals surface area contributed by atoms with Gasteiger partial charge in [-0.05, 0) is 54.7 Å². The van der Waals surface area contributed by atoms with Crippen LogP contribution in [0, 0.1) is 0 Å². The summed E-state index contributed by atoms with van der Waals surface area (Å²) in [6.07, 6.45) is 6.91. The summed E-state index contributed by atoms with van der Waals surface area (Å²) in [5.74, 6) is 0.756. The van der Waals surface area contributed by atoms with Crippen LogP contribution < -0.4 is 0 Å². The van der Waals surface area contributed by atoms with Crippen LogP contribution in [0.2, 0.25) is 0 Å². The maximum Gasteiger partial charge on any atom is 0.0495 e. The van der Waals surface area contributed by atoms with Gasteiger partial charge >= 0.3 is 0 Å². The van der Waals surface area contributed by atoms with E-state index in [0.717, 1.165) is 5.92 Å². The molecule has 1 aliphatic rings. The van der Waals surface area contributed by atoms with Crippen molar-refractivity contribution in [2.45, 2.75) is 38.0 Å². The first-order chi connectivity index (χ1) is 13.3. The molecule has 0 saturated heterocycles. The second-order valence-corrected chi connectivity index (χ2v) is 9.22. The predicted octanol–water partition coefficient (Wildman–Crippen LogP) is 7.75. The van der Waals surface area contributed by atoms with Gasteiger partial charge < -0.3 is 4.57 Å². The maximum atomic E-state index is 2.49. The van der Waals surface area contributed by atoms with E-state index >= 15 is 0 Å². The SMILES string of the molecule is Cn1c2ccc(C3CCCCC3)cc2c2cc3sc4ccccc4c3cc21. The van der Waals surface area contributed by atoms with E-state index in [0.29, 0.717) is 0 Å². The number of aryl methyl sites for hydroxylation is 1. The van der Waals surface area contributed by atoms with Crippen LogP contribution in [0.5, 0.6) is 0 Å². The highest BCUT2D eigenvalue weighted by atomic mass is 32.1. The number of aromatic nitrogens is 1. The molecule has 134 valence electrons. The summed E-state index contributed by atoms with van der Waals surface area (Å²) in [6.45, 7) is 0. The Morgan fingerprint density at radius 3 is 2.44 bits per heavy atom. The van der Waals surface area contributed by atoms with Crippen LogP contribution in [0.1, 0.15) is 43.6 Å². The third kappa shape index (κ3) is 2.29. The van der Waals surface area contributed by atoms with Crippen molar-refractivity contribution >= 4 is 53.3 Å². The molecule has 0 N–H and O–H groups in total. The molecule has 3 aromatic carbocycles. The van der Waals surface area contributed by atoms with Crippen molar-refractivity contribution in [3.63, 3.8) is 0 Å². The van der Waals surface area contributed by atoms with Crippen molar-refractivity contribution in [1.29, 1.82) is 0 Å². The summed E-state index contributed by atoms with van der Waals surface area (Å²) in [5, 5.41) is 5.60. The fourth-order valence-electron chi connectivity index (χ4n) is 5.13. The van der Waals surface area contributed by atoms with Gasteiger partial charge in [0.1, 0.15) is 0 Å². The van der Waals surface area contributed by atoms with Crippen LogP contribution in [0.4, 0.5) is 0 Å². The molecule has 1 saturated carbocycles. The van der Waals surface area contributed by atoms with Crippen molar-refractivity contribution in [1.82, 2.24) is 4.57 Å². The lowest BCUT2D eigenvalue weighted by molar-refractivity contribution is 0.444. The lowest BCUT2D eigenvalue weighted by atomic mass is 9.84. The first kappa shape index (κ1) is 15.7. The van der Waals surface area contributed by atoms with Crippen LogP contribution in [0.3, 0.4) is 0 Å². The summed E-state index contributed by atoms with van der Waals surface area (Å²) >= 11 is 1.92. The van der Waals surface area contributed by atoms with Gasteiger partial charge in [0, 0.05) is 49.0 Å². The molecule has 1 aliphatic carbocycles. The molecule has 6 rings (SSSR count). The van der Waals surface area contributed by atoms with E-state index in [-0.39, 0.29) is 0 Å². The van der Waals surface area contributed by atoms with Crippen LogP contribution in [0.25, 0.3) is 42.0 Å². The highest BCUT2D eigenvalue weighted by Crippen LogP contribution is 2.40. The standard InChI is InChI=1S/C25H23NS/c1-26-22-12-11-17(16-7-3-2-4-8-16)13-19(22)20-15-25-21(14-23(20)26)18-9-5-6-10-24(18)27-25/h5-6,9-16H,2-4,7-8H2,1H3. The summed E-state index contributed by atoms with van der Waals surface area (Å²) < 4.78 is 5.16. The van der Waals surface area contributed by atoms with Gasteiger partial charge in [-0.15, -0.1) is 11.3 Å². The number of rotatable bonds is 1. The summed E-state index contributed by atoms with van der Waals surface area (Å²) in [4.78, 5) is 0. The zero-order valence-electron chi connectivity index (χ0n) is 15.7. The first-order valence-corrected chi connectivity index (χ1v) is 10.9. The smallest absolute Gasteiger partial charge is 0.0495 e. The maximum absolute atomic E-state index is 2.49. The van der Waals surface area contributed by atoms with Gasteiger partial charge in [-0.3, -0.25) is 0 Å². The Kier molecular flexibility index (Phi) is 3.40. The van der Waals surface area contributed by atoms with E-state index in [2.05, 4.69) is 66.2 Å². The molecule has 0 atom stereocenters. The second kappa shape index (κ2) is 5.84. The molecule has 0 amide bonds. The van der Waals surface area contributed by atoms with Gasteiger partial charge in [0.25, 0.3) is 0 Å². The fourth-order valence-corrected chi connectivity index (χ4v) is 6.26. The first-order valence-electron chi connectivity index (χ1n) is 10.1. The number of thiophene rings is 1. The molecule has 2 heteroatoms. The number of hydrogen-bond acceptors (Lipinski definition) is 1. The monoisotopic (exact) mass is 369 g/mol. The Balaban J connectivity index is 1.64. The van der Waals surface area contributed by atoms with Gasteiger partial charge in [0.05, 0.1) is 0 Å². The molecule has 0 radical (unpaired) electrons. The summed E-state index contributed by atoms with van der Waals surface area (Å²) in [7, 11) is 2.21. The zero-order valence-corrected chi connectivity index (χ0v) is 16.5. The van der Waals surface area contributed by atoms with Crippen LogP contribution in [-0.4, -0.2) is 4.57 Å². The minimum Gasteiger partial charge on any atom is -0.344 e. The second-order valence-electron chi connectivity index (χ2n) is 8.13. The molecule has 1 nitrogen and oxygen atoms in total. The molecule has 0 unspecified atom stereocenters. The van der Waals surface area contributed by atoms with Gasteiger partial charge in [0.2, 0.25) is 0 Å². The third-order valence-corrected chi connectivity index (χ3v) is 7.74. The lowest BCUT2D eigenvalue weighted by Gasteiger charge is -2.22. The van der Waals surface area contributed by atoms with Crippen molar-refractivity contribution in [3.05, 3.63) is 60.2 Å². The Morgan fingerprint density at radius 1 is 0.741 bits per heavy atom. The normalized spacial score (nSPS) is 16.2. The minimum atomic E-state index is 0.756. The summed E-state index contributed by atoms with van der Waals surface area (Å²) in [5.41, 5.74) is 4.25. The Morgan fingerprint density at radius 2 is 1.56 bits per heavy atom. The lowest BCUT2D eigenvalue weighted by Crippen LogP contribution is -2.04. The van der Waals surface area contributed by atoms with Gasteiger partial charge in [-0.1, -0.05) is 43.5 Å². The van der Waals surface area contributed by atoms with E-state index in [1.54, 1.807) is 5.56 Å². The highest BCUT2D eigenvalue weighted by Gasteiger charge is 2.18. The van der Waals surface area contributed by atoms with Crippen LogP contribution in [-0.2, 0) is 7.05 Å². The van der Waals surface area contributed by atoms with Crippen LogP contribution in [0.15, 0.2) is 54.6 Å². The van der Waals surface area contributed by atoms with Crippen LogP contribution >= 0.6 is 11.3 Å². The van der Waals surface area contributed by atoms with E-state index in [1.807, 2.05) is 11.3 Å². The van der Waals surface area contributed by atoms with Gasteiger partial charge in [-0.25, -0.2) is 0 Å². The number of benzene rings is 3. The number of nitrogens with zero attached hydrogens (tertiary/aromatic N) is 1. The molecular weight excluding hydrogens is 346 g/mol. The molecule has 5 aromatic rings. The molecule has 0 spiro atoms. The molecule has 2 aromatic heterocycles. The zero-order chi connectivity index (χ0) is 18.0. The van der Waals surface area contributed by atoms with E-state index in [4.69, 9.17) is 0 Å². The molecule has 1 fully saturated rings. The molecule has 2 heterocycles. The van der Waals surface area contributed by atoms with Gasteiger partial charge in [0.15, 0.2) is 0 Å². The predicted molar refractivity (Wildman–Crippen MR) is 119 cm³/mol. The van der Waals surface area contributed by atoms with E-state index in [1.165, 1.54) is 74.1 Å². The Labute approximate surface area is 163 Å². The largest absolute Gasteiger partial charge is 0.344 e. The summed E-state index contributed by atoms with van der Waals surface area (Å²) in [6, 6.07) is 20.9. The highest BCUT2D eigenvalue weighted by molar-refractivity contribution is 7.25. The molecule has 0 aliphatic heterocycles. The van der Waals surface area contributed by atoms with E-state index < -0.39 is 0 Å². The third-order valence-electron chi connectivity index (χ3n) is 6.61. The topological polar surface area (TPSA) is 4.93 Å². The molecule has 27 heavy (non-hydrogen) atoms. The minimum absolute atomic E-state index is 0.756. The quantitative estimate of drug-likeness (QED) is 0.285. The average Bonchev–Trinajstić information content (AvgIpc) is 3.22. The van der Waals surface area contributed by atoms with Crippen molar-refractivity contribution in [2.75, 3.05) is 0 Å². The molecular formula is C25H23NS. The Bertz CT molecular complexity index is 1310. The van der Waals surface area contributed by atoms with E-state index in [9.17, 15) is 0 Å². The Hall–Kier alpha value is -2.32. The van der Waals surface area contributed by atoms with Crippen molar-refractivity contribution in [3.8, 4) is 0 Å².